The summed E-state index contributed by atoms with van der Waals surface area (Å²) in [6, 6.07) is 0.521. The van der Waals surface area contributed by atoms with Crippen LogP contribution in [0.25, 0.3) is 11.1 Å². The zero-order valence-corrected chi connectivity index (χ0v) is 9.50. The largest absolute Gasteiger partial charge is 0.241 e. The van der Waals surface area contributed by atoms with E-state index in [2.05, 4.69) is 4.98 Å². The Labute approximate surface area is 107 Å². The molecule has 8 heteroatoms. The van der Waals surface area contributed by atoms with Crippen LogP contribution < -0.4 is 0 Å². The van der Waals surface area contributed by atoms with Crippen molar-refractivity contribution >= 4 is 11.6 Å². The normalized spacial score (nSPS) is 10.9. The standard InChI is InChI=1S/C11H2ClF6N/c12-11-4(13)1-3(2-19-11)5-6(14)8(16)10(18)9(17)7(5)15/h1-2H. The van der Waals surface area contributed by atoms with E-state index < -0.39 is 51.2 Å². The number of aromatic nitrogens is 1. The van der Waals surface area contributed by atoms with E-state index in [0.717, 1.165) is 0 Å². The zero-order chi connectivity index (χ0) is 14.3. The van der Waals surface area contributed by atoms with Gasteiger partial charge in [0.25, 0.3) is 0 Å². The van der Waals surface area contributed by atoms with Crippen LogP contribution in [0.5, 0.6) is 0 Å². The van der Waals surface area contributed by atoms with Gasteiger partial charge in [0.1, 0.15) is 0 Å². The van der Waals surface area contributed by atoms with Crippen LogP contribution in [0.3, 0.4) is 0 Å². The molecule has 19 heavy (non-hydrogen) atoms. The van der Waals surface area contributed by atoms with Gasteiger partial charge in [-0.25, -0.2) is 31.3 Å². The molecular formula is C11H2ClF6N. The smallest absolute Gasteiger partial charge is 0.200 e. The van der Waals surface area contributed by atoms with Crippen molar-refractivity contribution in [3.63, 3.8) is 0 Å². The van der Waals surface area contributed by atoms with Crippen molar-refractivity contribution in [2.45, 2.75) is 0 Å². The first-order valence-corrected chi connectivity index (χ1v) is 5.05. The van der Waals surface area contributed by atoms with Gasteiger partial charge in [0.05, 0.1) is 5.56 Å². The van der Waals surface area contributed by atoms with E-state index in [1.165, 1.54) is 0 Å². The van der Waals surface area contributed by atoms with Crippen molar-refractivity contribution in [3.05, 3.63) is 52.3 Å². The van der Waals surface area contributed by atoms with E-state index in [0.29, 0.717) is 12.3 Å². The summed E-state index contributed by atoms with van der Waals surface area (Å²) >= 11 is 5.25. The molecule has 0 amide bonds. The maximum absolute atomic E-state index is 13.4. The molecule has 0 aliphatic carbocycles. The molecule has 1 aromatic heterocycles. The van der Waals surface area contributed by atoms with Crippen LogP contribution in [0.2, 0.25) is 5.15 Å². The lowest BCUT2D eigenvalue weighted by atomic mass is 10.1. The summed E-state index contributed by atoms with van der Waals surface area (Å²) in [5.41, 5.74) is -1.88. The van der Waals surface area contributed by atoms with Crippen LogP contribution in [0.1, 0.15) is 0 Å². The second-order valence-electron chi connectivity index (χ2n) is 3.44. The van der Waals surface area contributed by atoms with Crippen LogP contribution in [0.4, 0.5) is 26.3 Å². The fourth-order valence-corrected chi connectivity index (χ4v) is 1.52. The Morgan fingerprint density at radius 2 is 1.26 bits per heavy atom. The number of halogens is 7. The second kappa shape index (κ2) is 4.73. The van der Waals surface area contributed by atoms with Crippen LogP contribution in [-0.2, 0) is 0 Å². The van der Waals surface area contributed by atoms with Gasteiger partial charge in [-0.05, 0) is 6.07 Å². The Kier molecular flexibility index (Phi) is 3.40. The predicted octanol–water partition coefficient (Wildman–Crippen LogP) is 4.24. The van der Waals surface area contributed by atoms with Gasteiger partial charge in [-0.15, -0.1) is 0 Å². The highest BCUT2D eigenvalue weighted by Crippen LogP contribution is 2.32. The SMILES string of the molecule is Fc1cc(-c2c(F)c(F)c(F)c(F)c2F)cnc1Cl. The van der Waals surface area contributed by atoms with E-state index in [1.54, 1.807) is 0 Å². The molecule has 2 aromatic rings. The van der Waals surface area contributed by atoms with Crippen LogP contribution in [0.15, 0.2) is 12.3 Å². The van der Waals surface area contributed by atoms with Crippen molar-refractivity contribution in [2.75, 3.05) is 0 Å². The molecule has 0 bridgehead atoms. The summed E-state index contributed by atoms with van der Waals surface area (Å²) in [4.78, 5) is 3.24. The molecule has 2 rings (SSSR count). The second-order valence-corrected chi connectivity index (χ2v) is 3.80. The molecule has 0 spiro atoms. The Morgan fingerprint density at radius 1 is 0.789 bits per heavy atom. The van der Waals surface area contributed by atoms with E-state index in [9.17, 15) is 26.3 Å². The van der Waals surface area contributed by atoms with Gasteiger partial charge in [0.15, 0.2) is 34.2 Å². The molecule has 1 heterocycles. The highest BCUT2D eigenvalue weighted by atomic mass is 35.5. The maximum Gasteiger partial charge on any atom is 0.200 e. The summed E-state index contributed by atoms with van der Waals surface area (Å²) in [7, 11) is 0. The summed E-state index contributed by atoms with van der Waals surface area (Å²) < 4.78 is 78.7. The topological polar surface area (TPSA) is 12.9 Å². The summed E-state index contributed by atoms with van der Waals surface area (Å²) in [6.07, 6.45) is 0.698. The zero-order valence-electron chi connectivity index (χ0n) is 8.75. The number of hydrogen-bond donors (Lipinski definition) is 0. The van der Waals surface area contributed by atoms with Crippen LogP contribution in [0, 0.1) is 34.9 Å². The average molecular weight is 298 g/mol. The molecule has 0 saturated heterocycles. The Balaban J connectivity index is 2.79. The lowest BCUT2D eigenvalue weighted by Crippen LogP contribution is -2.04. The van der Waals surface area contributed by atoms with Gasteiger partial charge in [-0.3, -0.25) is 0 Å². The summed E-state index contributed by atoms with van der Waals surface area (Å²) in [6.45, 7) is 0. The maximum atomic E-state index is 13.4. The van der Waals surface area contributed by atoms with E-state index in [-0.39, 0.29) is 0 Å². The summed E-state index contributed by atoms with van der Waals surface area (Å²) in [5, 5.41) is -0.590. The fourth-order valence-electron chi connectivity index (χ4n) is 1.42. The van der Waals surface area contributed by atoms with Gasteiger partial charge >= 0.3 is 0 Å². The third-order valence-corrected chi connectivity index (χ3v) is 2.57. The van der Waals surface area contributed by atoms with E-state index in [1.807, 2.05) is 0 Å². The first-order valence-electron chi connectivity index (χ1n) is 4.67. The molecule has 1 nitrogen and oxygen atoms in total. The minimum Gasteiger partial charge on any atom is -0.241 e. The first kappa shape index (κ1) is 13.7. The number of rotatable bonds is 1. The van der Waals surface area contributed by atoms with Gasteiger partial charge in [-0.2, -0.15) is 0 Å². The third-order valence-electron chi connectivity index (χ3n) is 2.29. The Bertz CT molecular complexity index is 644. The predicted molar refractivity (Wildman–Crippen MR) is 54.4 cm³/mol. The molecule has 0 fully saturated rings. The average Bonchev–Trinajstić information content (AvgIpc) is 2.38. The molecule has 0 saturated carbocycles. The lowest BCUT2D eigenvalue weighted by Gasteiger charge is -2.08. The molecule has 0 aliphatic rings. The minimum atomic E-state index is -2.29. The minimum absolute atomic E-state index is 0.521. The van der Waals surface area contributed by atoms with Crippen molar-refractivity contribution in [2.24, 2.45) is 0 Å². The molecular weight excluding hydrogens is 296 g/mol. The third kappa shape index (κ3) is 2.14. The highest BCUT2D eigenvalue weighted by Gasteiger charge is 2.27. The lowest BCUT2D eigenvalue weighted by molar-refractivity contribution is 0.381. The van der Waals surface area contributed by atoms with E-state index >= 15 is 0 Å². The number of hydrogen-bond acceptors (Lipinski definition) is 1. The van der Waals surface area contributed by atoms with Crippen LogP contribution in [-0.4, -0.2) is 4.98 Å². The van der Waals surface area contributed by atoms with Crippen molar-refractivity contribution in [3.8, 4) is 11.1 Å². The van der Waals surface area contributed by atoms with Crippen LogP contribution >= 0.6 is 11.6 Å². The quantitative estimate of drug-likeness (QED) is 0.332. The summed E-state index contributed by atoms with van der Waals surface area (Å²) in [5.74, 6) is -11.8. The first-order chi connectivity index (χ1) is 8.84. The van der Waals surface area contributed by atoms with Crippen molar-refractivity contribution < 1.29 is 26.3 Å². The monoisotopic (exact) mass is 297 g/mol. The molecule has 0 aliphatic heterocycles. The Morgan fingerprint density at radius 3 is 1.74 bits per heavy atom. The number of nitrogens with zero attached hydrogens (tertiary/aromatic N) is 1. The molecule has 0 atom stereocenters. The number of benzene rings is 1. The van der Waals surface area contributed by atoms with Gasteiger partial charge in [0.2, 0.25) is 5.82 Å². The molecule has 0 radical (unpaired) electrons. The van der Waals surface area contributed by atoms with Gasteiger partial charge in [-0.1, -0.05) is 11.6 Å². The molecule has 1 aromatic carbocycles. The number of pyridine rings is 1. The van der Waals surface area contributed by atoms with E-state index in [4.69, 9.17) is 11.6 Å². The molecule has 0 N–H and O–H groups in total. The highest BCUT2D eigenvalue weighted by molar-refractivity contribution is 6.29. The Hall–Kier alpha value is -1.76. The van der Waals surface area contributed by atoms with Gasteiger partial charge < -0.3 is 0 Å². The van der Waals surface area contributed by atoms with Gasteiger partial charge in [0, 0.05) is 11.8 Å². The molecule has 100 valence electrons. The fraction of sp³-hybridized carbons (Fsp3) is 0. The molecule has 0 unspecified atom stereocenters. The van der Waals surface area contributed by atoms with Crippen molar-refractivity contribution in [1.82, 2.24) is 4.98 Å². The van der Waals surface area contributed by atoms with Crippen molar-refractivity contribution in [1.29, 1.82) is 0 Å².